The Kier molecular flexibility index (Phi) is 5.55. The molecule has 0 spiro atoms. The number of fused-ring (bicyclic) bond motifs is 1. The number of hydrogen-bond donors (Lipinski definition) is 1. The lowest BCUT2D eigenvalue weighted by Crippen LogP contribution is -2.28. The summed E-state index contributed by atoms with van der Waals surface area (Å²) in [5.41, 5.74) is 1.45. The second-order valence-electron chi connectivity index (χ2n) is 6.31. The van der Waals surface area contributed by atoms with Gasteiger partial charge < -0.3 is 19.7 Å². The molecule has 0 radical (unpaired) electrons. The van der Waals surface area contributed by atoms with E-state index in [1.807, 2.05) is 18.2 Å². The second-order valence-corrected chi connectivity index (χ2v) is 6.31. The van der Waals surface area contributed by atoms with Gasteiger partial charge in [-0.2, -0.15) is 0 Å². The first kappa shape index (κ1) is 18.0. The van der Waals surface area contributed by atoms with Crippen molar-refractivity contribution in [3.05, 3.63) is 41.3 Å². The minimum absolute atomic E-state index is 0.0879. The zero-order chi connectivity index (χ0) is 18.5. The third-order valence-electron chi connectivity index (χ3n) is 4.16. The Hall–Kier alpha value is -2.83. The van der Waals surface area contributed by atoms with Crippen LogP contribution in [-0.4, -0.2) is 41.2 Å². The molecule has 7 heteroatoms. The molecular formula is C19H24N4O3. The Morgan fingerprint density at radius 1 is 1.23 bits per heavy atom. The zero-order valence-electron chi connectivity index (χ0n) is 15.4. The van der Waals surface area contributed by atoms with Gasteiger partial charge in [-0.15, -0.1) is 0 Å². The first-order valence-corrected chi connectivity index (χ1v) is 8.80. The molecule has 0 aliphatic carbocycles. The van der Waals surface area contributed by atoms with Gasteiger partial charge in [0, 0.05) is 26.2 Å². The summed E-state index contributed by atoms with van der Waals surface area (Å²) < 4.78 is 10.7. The minimum atomic E-state index is -0.0879. The van der Waals surface area contributed by atoms with Crippen LogP contribution in [0.2, 0.25) is 0 Å². The summed E-state index contributed by atoms with van der Waals surface area (Å²) in [7, 11) is 1.80. The first-order valence-electron chi connectivity index (χ1n) is 8.80. The van der Waals surface area contributed by atoms with Crippen LogP contribution in [0.1, 0.15) is 41.6 Å². The minimum Gasteiger partial charge on any atom is -0.454 e. The third kappa shape index (κ3) is 4.22. The van der Waals surface area contributed by atoms with Crippen molar-refractivity contribution in [2.75, 3.05) is 25.7 Å². The highest BCUT2D eigenvalue weighted by Gasteiger charge is 2.16. The van der Waals surface area contributed by atoms with Crippen LogP contribution < -0.4 is 14.8 Å². The molecule has 0 saturated carbocycles. The van der Waals surface area contributed by atoms with Gasteiger partial charge in [-0.3, -0.25) is 4.79 Å². The van der Waals surface area contributed by atoms with Crippen LogP contribution in [0.3, 0.4) is 0 Å². The molecule has 0 saturated heterocycles. The summed E-state index contributed by atoms with van der Waals surface area (Å²) in [5, 5.41) is 3.25. The van der Waals surface area contributed by atoms with E-state index in [1.165, 1.54) is 0 Å². The lowest BCUT2D eigenvalue weighted by Gasteiger charge is -2.17. The van der Waals surface area contributed by atoms with Crippen molar-refractivity contribution >= 4 is 11.7 Å². The van der Waals surface area contributed by atoms with Gasteiger partial charge in [-0.05, 0) is 31.0 Å². The van der Waals surface area contributed by atoms with Crippen LogP contribution in [0.5, 0.6) is 11.5 Å². The largest absolute Gasteiger partial charge is 0.454 e. The van der Waals surface area contributed by atoms with Crippen LogP contribution in [0.4, 0.5) is 5.82 Å². The maximum atomic E-state index is 12.5. The Labute approximate surface area is 153 Å². The van der Waals surface area contributed by atoms with Crippen molar-refractivity contribution in [2.45, 2.75) is 33.2 Å². The summed E-state index contributed by atoms with van der Waals surface area (Å²) >= 11 is 0. The molecule has 2 aromatic rings. The number of hydrogen-bond acceptors (Lipinski definition) is 6. The highest BCUT2D eigenvalue weighted by molar-refractivity contribution is 5.92. The van der Waals surface area contributed by atoms with Gasteiger partial charge in [0.15, 0.2) is 11.5 Å². The molecular weight excluding hydrogens is 332 g/mol. The fraction of sp³-hybridized carbons (Fsp3) is 0.421. The zero-order valence-corrected chi connectivity index (χ0v) is 15.4. The van der Waals surface area contributed by atoms with Gasteiger partial charge in [0.05, 0.1) is 0 Å². The van der Waals surface area contributed by atoms with Crippen molar-refractivity contribution in [3.8, 4) is 11.5 Å². The molecule has 0 unspecified atom stereocenters. The van der Waals surface area contributed by atoms with E-state index in [0.29, 0.717) is 23.9 Å². The number of ether oxygens (including phenoxy) is 2. The van der Waals surface area contributed by atoms with E-state index < -0.39 is 0 Å². The number of nitrogens with one attached hydrogen (secondary N) is 1. The lowest BCUT2D eigenvalue weighted by molar-refractivity contribution is 0.0787. The smallest absolute Gasteiger partial charge is 0.272 e. The number of unbranched alkanes of at least 4 members (excludes halogenated alkanes) is 1. The number of rotatable bonds is 7. The van der Waals surface area contributed by atoms with Crippen molar-refractivity contribution in [2.24, 2.45) is 0 Å². The Morgan fingerprint density at radius 3 is 2.85 bits per heavy atom. The van der Waals surface area contributed by atoms with E-state index in [9.17, 15) is 4.79 Å². The Balaban J connectivity index is 1.68. The number of carbonyl (C=O) groups excluding carboxylic acids is 1. The van der Waals surface area contributed by atoms with E-state index >= 15 is 0 Å². The normalized spacial score (nSPS) is 12.1. The maximum Gasteiger partial charge on any atom is 0.272 e. The van der Waals surface area contributed by atoms with Crippen molar-refractivity contribution in [3.63, 3.8) is 0 Å². The summed E-state index contributed by atoms with van der Waals surface area (Å²) in [6.07, 6.45) is 2.02. The number of nitrogens with zero attached hydrogens (tertiary/aromatic N) is 3. The number of aryl methyl sites for hydroxylation is 1. The van der Waals surface area contributed by atoms with Crippen molar-refractivity contribution < 1.29 is 14.3 Å². The Morgan fingerprint density at radius 2 is 2.04 bits per heavy atom. The number of carbonyl (C=O) groups is 1. The van der Waals surface area contributed by atoms with Crippen LogP contribution in [0.25, 0.3) is 0 Å². The monoisotopic (exact) mass is 356 g/mol. The van der Waals surface area contributed by atoms with Gasteiger partial charge in [-0.1, -0.05) is 19.4 Å². The molecule has 0 atom stereocenters. The van der Waals surface area contributed by atoms with Crippen LogP contribution in [0.15, 0.2) is 24.3 Å². The number of anilines is 1. The summed E-state index contributed by atoms with van der Waals surface area (Å²) in [6, 6.07) is 7.50. The molecule has 1 aromatic heterocycles. The van der Waals surface area contributed by atoms with Gasteiger partial charge in [0.2, 0.25) is 6.79 Å². The quantitative estimate of drug-likeness (QED) is 0.822. The molecule has 1 aliphatic heterocycles. The van der Waals surface area contributed by atoms with Crippen LogP contribution in [0, 0.1) is 6.92 Å². The lowest BCUT2D eigenvalue weighted by atomic mass is 10.2. The molecule has 1 aliphatic rings. The molecule has 3 rings (SSSR count). The standard InChI is InChI=1S/C19H24N4O3/c1-4-5-8-23(3)19(24)15-10-18(22-13(2)21-15)20-11-14-6-7-16-17(9-14)26-12-25-16/h6-7,9-10H,4-5,8,11-12H2,1-3H3,(H,20,21,22). The van der Waals surface area contributed by atoms with E-state index in [0.717, 1.165) is 36.4 Å². The van der Waals surface area contributed by atoms with E-state index in [2.05, 4.69) is 22.2 Å². The fourth-order valence-electron chi connectivity index (χ4n) is 2.70. The fourth-order valence-corrected chi connectivity index (χ4v) is 2.70. The summed E-state index contributed by atoms with van der Waals surface area (Å²) in [4.78, 5) is 22.9. The molecule has 7 nitrogen and oxygen atoms in total. The van der Waals surface area contributed by atoms with Gasteiger partial charge in [0.1, 0.15) is 17.3 Å². The molecule has 2 heterocycles. The first-order chi connectivity index (χ1) is 12.6. The molecule has 0 bridgehead atoms. The SMILES string of the molecule is CCCCN(C)C(=O)c1cc(NCc2ccc3c(c2)OCO3)nc(C)n1. The third-order valence-corrected chi connectivity index (χ3v) is 4.16. The highest BCUT2D eigenvalue weighted by Crippen LogP contribution is 2.32. The average Bonchev–Trinajstić information content (AvgIpc) is 3.11. The van der Waals surface area contributed by atoms with Gasteiger partial charge in [0.25, 0.3) is 5.91 Å². The average molecular weight is 356 g/mol. The molecule has 0 fully saturated rings. The number of amides is 1. The predicted octanol–water partition coefficient (Wildman–Crippen LogP) is 3.00. The predicted molar refractivity (Wildman–Crippen MR) is 98.5 cm³/mol. The van der Waals surface area contributed by atoms with Crippen molar-refractivity contribution in [1.82, 2.24) is 14.9 Å². The molecule has 26 heavy (non-hydrogen) atoms. The van der Waals surface area contributed by atoms with Crippen LogP contribution >= 0.6 is 0 Å². The molecule has 1 N–H and O–H groups in total. The highest BCUT2D eigenvalue weighted by atomic mass is 16.7. The van der Waals surface area contributed by atoms with Crippen molar-refractivity contribution in [1.29, 1.82) is 0 Å². The van der Waals surface area contributed by atoms with E-state index in [1.54, 1.807) is 24.9 Å². The summed E-state index contributed by atoms with van der Waals surface area (Å²) in [6.45, 7) is 5.43. The Bertz CT molecular complexity index is 794. The molecule has 1 aromatic carbocycles. The topological polar surface area (TPSA) is 76.6 Å². The number of benzene rings is 1. The summed E-state index contributed by atoms with van der Waals surface area (Å²) in [5.74, 6) is 2.61. The second kappa shape index (κ2) is 8.03. The molecule has 1 amide bonds. The van der Waals surface area contributed by atoms with Crippen LogP contribution in [-0.2, 0) is 6.54 Å². The van der Waals surface area contributed by atoms with E-state index in [4.69, 9.17) is 9.47 Å². The van der Waals surface area contributed by atoms with Gasteiger partial charge in [-0.25, -0.2) is 9.97 Å². The van der Waals surface area contributed by atoms with E-state index in [-0.39, 0.29) is 12.7 Å². The maximum absolute atomic E-state index is 12.5. The number of aromatic nitrogens is 2. The van der Waals surface area contributed by atoms with Gasteiger partial charge >= 0.3 is 0 Å². The molecule has 138 valence electrons.